The van der Waals surface area contributed by atoms with Crippen LogP contribution in [-0.2, 0) is 20.7 Å². The standard InChI is InChI=1S/C20H29N3O3/c1-15(24)22-18-8-7-16(14-21-18)9-12-20(10-3-2-4-11-20)23-19(25)17-6-5-13-26-17/h7-8,14,17H,2-6,9-13H2,1H3,(H,23,25)(H,21,22,24)/t17-/m0/s1. The maximum Gasteiger partial charge on any atom is 0.249 e. The van der Waals surface area contributed by atoms with Crippen molar-refractivity contribution in [1.82, 2.24) is 10.3 Å². The molecule has 1 aromatic rings. The number of hydrogen-bond donors (Lipinski definition) is 2. The summed E-state index contributed by atoms with van der Waals surface area (Å²) < 4.78 is 5.55. The molecule has 0 unspecified atom stereocenters. The van der Waals surface area contributed by atoms with Crippen LogP contribution in [0.15, 0.2) is 18.3 Å². The Kier molecular flexibility index (Phi) is 6.25. The van der Waals surface area contributed by atoms with E-state index in [1.807, 2.05) is 18.3 Å². The normalized spacial score (nSPS) is 22.0. The topological polar surface area (TPSA) is 80.3 Å². The van der Waals surface area contributed by atoms with Gasteiger partial charge in [-0.2, -0.15) is 0 Å². The third-order valence-electron chi connectivity index (χ3n) is 5.44. The van der Waals surface area contributed by atoms with Crippen molar-refractivity contribution < 1.29 is 14.3 Å². The van der Waals surface area contributed by atoms with Crippen LogP contribution in [-0.4, -0.2) is 35.0 Å². The van der Waals surface area contributed by atoms with Gasteiger partial charge in [0.1, 0.15) is 11.9 Å². The highest BCUT2D eigenvalue weighted by Gasteiger charge is 2.36. The van der Waals surface area contributed by atoms with Crippen LogP contribution in [0, 0.1) is 0 Å². The first-order valence-corrected chi connectivity index (χ1v) is 9.72. The van der Waals surface area contributed by atoms with Gasteiger partial charge in [0.05, 0.1) is 0 Å². The van der Waals surface area contributed by atoms with Gasteiger partial charge in [0.2, 0.25) is 11.8 Å². The molecule has 0 radical (unpaired) electrons. The number of amides is 2. The quantitative estimate of drug-likeness (QED) is 0.818. The zero-order valence-corrected chi connectivity index (χ0v) is 15.6. The fourth-order valence-corrected chi connectivity index (χ4v) is 4.00. The highest BCUT2D eigenvalue weighted by atomic mass is 16.5. The van der Waals surface area contributed by atoms with Crippen molar-refractivity contribution in [3.63, 3.8) is 0 Å². The molecule has 3 rings (SSSR count). The molecule has 2 aliphatic rings. The molecule has 0 spiro atoms. The molecule has 1 aromatic heterocycles. The van der Waals surface area contributed by atoms with Gasteiger partial charge in [0, 0.05) is 25.3 Å². The Balaban J connectivity index is 1.60. The Morgan fingerprint density at radius 3 is 2.65 bits per heavy atom. The molecule has 0 aromatic carbocycles. The van der Waals surface area contributed by atoms with Gasteiger partial charge in [0.15, 0.2) is 0 Å². The van der Waals surface area contributed by atoms with Gasteiger partial charge in [-0.1, -0.05) is 25.3 Å². The molecular formula is C20H29N3O3. The molecule has 2 fully saturated rings. The lowest BCUT2D eigenvalue weighted by molar-refractivity contribution is -0.132. The smallest absolute Gasteiger partial charge is 0.249 e. The second-order valence-corrected chi connectivity index (χ2v) is 7.56. The molecule has 2 heterocycles. The summed E-state index contributed by atoms with van der Waals surface area (Å²) in [6.45, 7) is 2.16. The van der Waals surface area contributed by atoms with Crippen molar-refractivity contribution in [1.29, 1.82) is 0 Å². The fourth-order valence-electron chi connectivity index (χ4n) is 4.00. The molecule has 2 N–H and O–H groups in total. The summed E-state index contributed by atoms with van der Waals surface area (Å²) in [4.78, 5) is 28.0. The van der Waals surface area contributed by atoms with Crippen molar-refractivity contribution >= 4 is 17.6 Å². The van der Waals surface area contributed by atoms with E-state index in [0.717, 1.165) is 56.9 Å². The van der Waals surface area contributed by atoms with Crippen molar-refractivity contribution in [2.24, 2.45) is 0 Å². The zero-order chi connectivity index (χ0) is 18.4. The molecular weight excluding hydrogens is 330 g/mol. The Labute approximate surface area is 155 Å². The second kappa shape index (κ2) is 8.62. The molecule has 26 heavy (non-hydrogen) atoms. The summed E-state index contributed by atoms with van der Waals surface area (Å²) in [7, 11) is 0. The average molecular weight is 359 g/mol. The van der Waals surface area contributed by atoms with Crippen molar-refractivity contribution in [3.05, 3.63) is 23.9 Å². The minimum atomic E-state index is -0.271. The molecule has 1 saturated carbocycles. The number of pyridine rings is 1. The first-order chi connectivity index (χ1) is 12.6. The van der Waals surface area contributed by atoms with Gasteiger partial charge < -0.3 is 15.4 Å². The average Bonchev–Trinajstić information content (AvgIpc) is 3.16. The maximum absolute atomic E-state index is 12.6. The summed E-state index contributed by atoms with van der Waals surface area (Å²) in [6.07, 6.45) is 10.7. The van der Waals surface area contributed by atoms with Gasteiger partial charge in [-0.05, 0) is 50.2 Å². The molecule has 1 saturated heterocycles. The summed E-state index contributed by atoms with van der Waals surface area (Å²) >= 11 is 0. The van der Waals surface area contributed by atoms with Crippen LogP contribution in [0.25, 0.3) is 0 Å². The second-order valence-electron chi connectivity index (χ2n) is 7.56. The molecule has 142 valence electrons. The van der Waals surface area contributed by atoms with E-state index in [-0.39, 0.29) is 23.5 Å². The van der Waals surface area contributed by atoms with Gasteiger partial charge >= 0.3 is 0 Å². The summed E-state index contributed by atoms with van der Waals surface area (Å²) in [5, 5.41) is 6.02. The van der Waals surface area contributed by atoms with Crippen molar-refractivity contribution in [2.75, 3.05) is 11.9 Å². The number of rotatable bonds is 6. The number of anilines is 1. The molecule has 2 amide bonds. The van der Waals surface area contributed by atoms with Crippen LogP contribution in [0.4, 0.5) is 5.82 Å². The van der Waals surface area contributed by atoms with E-state index in [2.05, 4.69) is 15.6 Å². The first-order valence-electron chi connectivity index (χ1n) is 9.72. The molecule has 6 nitrogen and oxygen atoms in total. The van der Waals surface area contributed by atoms with Gasteiger partial charge in [-0.25, -0.2) is 4.98 Å². The van der Waals surface area contributed by atoms with E-state index in [0.29, 0.717) is 12.4 Å². The van der Waals surface area contributed by atoms with Gasteiger partial charge in [-0.15, -0.1) is 0 Å². The van der Waals surface area contributed by atoms with E-state index in [1.54, 1.807) is 0 Å². The summed E-state index contributed by atoms with van der Waals surface area (Å²) in [6, 6.07) is 3.83. The minimum absolute atomic E-state index is 0.0588. The fraction of sp³-hybridized carbons (Fsp3) is 0.650. The van der Waals surface area contributed by atoms with Crippen LogP contribution in [0.1, 0.15) is 63.9 Å². The van der Waals surface area contributed by atoms with Gasteiger partial charge in [-0.3, -0.25) is 9.59 Å². The third kappa shape index (κ3) is 5.04. The number of carbonyl (C=O) groups is 2. The van der Waals surface area contributed by atoms with E-state index in [9.17, 15) is 9.59 Å². The summed E-state index contributed by atoms with van der Waals surface area (Å²) in [5.74, 6) is 0.507. The van der Waals surface area contributed by atoms with Crippen molar-refractivity contribution in [3.8, 4) is 0 Å². The van der Waals surface area contributed by atoms with Crippen molar-refractivity contribution in [2.45, 2.75) is 76.4 Å². The number of ether oxygens (including phenoxy) is 1. The van der Waals surface area contributed by atoms with E-state index < -0.39 is 0 Å². The Morgan fingerprint density at radius 2 is 2.04 bits per heavy atom. The number of nitrogens with zero attached hydrogens (tertiary/aromatic N) is 1. The number of carbonyl (C=O) groups excluding carboxylic acids is 2. The predicted octanol–water partition coefficient (Wildman–Crippen LogP) is 2.97. The Hall–Kier alpha value is -1.95. The van der Waals surface area contributed by atoms with Gasteiger partial charge in [0.25, 0.3) is 0 Å². The highest BCUT2D eigenvalue weighted by Crippen LogP contribution is 2.33. The summed E-state index contributed by atoms with van der Waals surface area (Å²) in [5.41, 5.74) is 0.993. The Bertz CT molecular complexity index is 618. The minimum Gasteiger partial charge on any atom is -0.368 e. The highest BCUT2D eigenvalue weighted by molar-refractivity contribution is 5.87. The first kappa shape index (κ1) is 18.8. The van der Waals surface area contributed by atoms with E-state index >= 15 is 0 Å². The molecule has 0 bridgehead atoms. The number of aryl methyl sites for hydroxylation is 1. The molecule has 1 aliphatic heterocycles. The predicted molar refractivity (Wildman–Crippen MR) is 99.8 cm³/mol. The lowest BCUT2D eigenvalue weighted by atomic mass is 9.77. The Morgan fingerprint density at radius 1 is 1.23 bits per heavy atom. The van der Waals surface area contributed by atoms with Crippen LogP contribution in [0.5, 0.6) is 0 Å². The van der Waals surface area contributed by atoms with E-state index in [4.69, 9.17) is 4.74 Å². The lowest BCUT2D eigenvalue weighted by Crippen LogP contribution is -2.53. The number of nitrogens with one attached hydrogen (secondary N) is 2. The van der Waals surface area contributed by atoms with Crippen LogP contribution in [0.3, 0.4) is 0 Å². The monoisotopic (exact) mass is 359 g/mol. The SMILES string of the molecule is CC(=O)Nc1ccc(CCC2(NC(=O)[C@@H]3CCCO3)CCCCC2)cn1. The van der Waals surface area contributed by atoms with Crippen LogP contribution < -0.4 is 10.6 Å². The molecule has 1 atom stereocenters. The number of hydrogen-bond acceptors (Lipinski definition) is 4. The van der Waals surface area contributed by atoms with E-state index in [1.165, 1.54) is 13.3 Å². The van der Waals surface area contributed by atoms with Crippen LogP contribution >= 0.6 is 0 Å². The molecule has 1 aliphatic carbocycles. The molecule has 6 heteroatoms. The van der Waals surface area contributed by atoms with Crippen LogP contribution in [0.2, 0.25) is 0 Å². The largest absolute Gasteiger partial charge is 0.368 e. The number of aromatic nitrogens is 1. The third-order valence-corrected chi connectivity index (χ3v) is 5.44. The zero-order valence-electron chi connectivity index (χ0n) is 15.6. The maximum atomic E-state index is 12.6. The lowest BCUT2D eigenvalue weighted by Gasteiger charge is -2.39.